The van der Waals surface area contributed by atoms with E-state index >= 15 is 0 Å². The van der Waals surface area contributed by atoms with Gasteiger partial charge in [-0.3, -0.25) is 0 Å². The van der Waals surface area contributed by atoms with E-state index in [0.717, 1.165) is 0 Å². The van der Waals surface area contributed by atoms with E-state index in [1.165, 1.54) is 13.2 Å². The Morgan fingerprint density at radius 1 is 1.05 bits per heavy atom. The first-order chi connectivity index (χ1) is 10.6. The predicted molar refractivity (Wildman–Crippen MR) is 81.6 cm³/mol. The lowest BCUT2D eigenvalue weighted by molar-refractivity contribution is 0.0600. The monoisotopic (exact) mass is 295 g/mol. The minimum atomic E-state index is -0.481. The molecule has 0 bridgehead atoms. The van der Waals surface area contributed by atoms with Crippen LogP contribution in [0.4, 0.5) is 16.2 Å². The molecule has 0 saturated heterocycles. The number of benzene rings is 2. The molecule has 6 heteroatoms. The predicted octanol–water partition coefficient (Wildman–Crippen LogP) is 2.99. The van der Waals surface area contributed by atoms with Crippen LogP contribution in [0.25, 0.3) is 0 Å². The Morgan fingerprint density at radius 3 is 2.32 bits per heavy atom. The molecule has 0 saturated carbocycles. The lowest BCUT2D eigenvalue weighted by atomic mass is 10.2. The SMILES string of the molecule is COC(=O)c1cccc(NC(=O)Nc2cccc(C#N)c2)c1. The quantitative estimate of drug-likeness (QED) is 0.851. The Bertz CT molecular complexity index is 750. The first kappa shape index (κ1) is 15.1. The number of urea groups is 1. The molecule has 0 aliphatic heterocycles. The fraction of sp³-hybridized carbons (Fsp3) is 0.0625. The summed E-state index contributed by atoms with van der Waals surface area (Å²) in [5.74, 6) is -0.481. The zero-order valence-electron chi connectivity index (χ0n) is 11.8. The van der Waals surface area contributed by atoms with E-state index in [1.54, 1.807) is 42.5 Å². The van der Waals surface area contributed by atoms with Gasteiger partial charge in [0.15, 0.2) is 0 Å². The number of hydrogen-bond acceptors (Lipinski definition) is 4. The lowest BCUT2D eigenvalue weighted by Gasteiger charge is -2.08. The van der Waals surface area contributed by atoms with Gasteiger partial charge in [0.05, 0.1) is 24.3 Å². The number of anilines is 2. The maximum absolute atomic E-state index is 11.9. The van der Waals surface area contributed by atoms with Gasteiger partial charge in [0.25, 0.3) is 0 Å². The zero-order valence-corrected chi connectivity index (χ0v) is 11.8. The summed E-state index contributed by atoms with van der Waals surface area (Å²) < 4.78 is 4.62. The van der Waals surface area contributed by atoms with Crippen molar-refractivity contribution in [3.8, 4) is 6.07 Å². The van der Waals surface area contributed by atoms with Crippen molar-refractivity contribution >= 4 is 23.4 Å². The molecule has 2 aromatic rings. The largest absolute Gasteiger partial charge is 0.465 e. The van der Waals surface area contributed by atoms with Crippen LogP contribution in [0.5, 0.6) is 0 Å². The summed E-state index contributed by atoms with van der Waals surface area (Å²) in [6.45, 7) is 0. The second-order valence-electron chi connectivity index (χ2n) is 4.34. The third kappa shape index (κ3) is 3.84. The van der Waals surface area contributed by atoms with Crippen molar-refractivity contribution < 1.29 is 14.3 Å². The molecular weight excluding hydrogens is 282 g/mol. The number of esters is 1. The Hall–Kier alpha value is -3.33. The second-order valence-corrected chi connectivity index (χ2v) is 4.34. The maximum Gasteiger partial charge on any atom is 0.337 e. The highest BCUT2D eigenvalue weighted by atomic mass is 16.5. The maximum atomic E-state index is 11.9. The number of rotatable bonds is 3. The van der Waals surface area contributed by atoms with Crippen LogP contribution in [0.1, 0.15) is 15.9 Å². The van der Waals surface area contributed by atoms with Gasteiger partial charge in [0.1, 0.15) is 0 Å². The van der Waals surface area contributed by atoms with Gasteiger partial charge in [-0.05, 0) is 36.4 Å². The van der Waals surface area contributed by atoms with Gasteiger partial charge < -0.3 is 15.4 Å². The highest BCUT2D eigenvalue weighted by Crippen LogP contribution is 2.13. The molecular formula is C16H13N3O3. The summed E-state index contributed by atoms with van der Waals surface area (Å²) >= 11 is 0. The molecule has 0 aromatic heterocycles. The number of carbonyl (C=O) groups excluding carboxylic acids is 2. The summed E-state index contributed by atoms with van der Waals surface area (Å²) in [6, 6.07) is 14.5. The summed E-state index contributed by atoms with van der Waals surface area (Å²) in [5, 5.41) is 14.0. The van der Waals surface area contributed by atoms with E-state index in [0.29, 0.717) is 22.5 Å². The van der Waals surface area contributed by atoms with E-state index < -0.39 is 12.0 Å². The van der Waals surface area contributed by atoms with Gasteiger partial charge in [-0.15, -0.1) is 0 Å². The Kier molecular flexibility index (Phi) is 4.73. The van der Waals surface area contributed by atoms with Crippen LogP contribution >= 0.6 is 0 Å². The molecule has 0 fully saturated rings. The van der Waals surface area contributed by atoms with E-state index in [4.69, 9.17) is 5.26 Å². The summed E-state index contributed by atoms with van der Waals surface area (Å²) in [4.78, 5) is 23.3. The van der Waals surface area contributed by atoms with Crippen LogP contribution < -0.4 is 10.6 Å². The molecule has 0 aliphatic carbocycles. The van der Waals surface area contributed by atoms with Gasteiger partial charge in [-0.1, -0.05) is 12.1 Å². The third-order valence-electron chi connectivity index (χ3n) is 2.79. The van der Waals surface area contributed by atoms with Crippen molar-refractivity contribution in [2.24, 2.45) is 0 Å². The average molecular weight is 295 g/mol. The number of amides is 2. The molecule has 22 heavy (non-hydrogen) atoms. The Morgan fingerprint density at radius 2 is 1.68 bits per heavy atom. The lowest BCUT2D eigenvalue weighted by Crippen LogP contribution is -2.19. The van der Waals surface area contributed by atoms with E-state index in [-0.39, 0.29) is 0 Å². The first-order valence-electron chi connectivity index (χ1n) is 6.39. The van der Waals surface area contributed by atoms with Gasteiger partial charge in [-0.2, -0.15) is 5.26 Å². The smallest absolute Gasteiger partial charge is 0.337 e. The zero-order chi connectivity index (χ0) is 15.9. The molecule has 0 radical (unpaired) electrons. The molecule has 0 spiro atoms. The number of ether oxygens (including phenoxy) is 1. The molecule has 2 amide bonds. The minimum Gasteiger partial charge on any atom is -0.465 e. The summed E-state index contributed by atoms with van der Waals surface area (Å²) in [7, 11) is 1.29. The van der Waals surface area contributed by atoms with E-state index in [9.17, 15) is 9.59 Å². The second kappa shape index (κ2) is 6.90. The van der Waals surface area contributed by atoms with Crippen LogP contribution in [-0.4, -0.2) is 19.1 Å². The third-order valence-corrected chi connectivity index (χ3v) is 2.79. The molecule has 2 rings (SSSR count). The molecule has 0 atom stereocenters. The van der Waals surface area contributed by atoms with Crippen molar-refractivity contribution in [3.63, 3.8) is 0 Å². The van der Waals surface area contributed by atoms with Crippen molar-refractivity contribution in [2.75, 3.05) is 17.7 Å². The highest BCUT2D eigenvalue weighted by molar-refractivity contribution is 6.00. The molecule has 0 heterocycles. The molecule has 2 N–H and O–H groups in total. The van der Waals surface area contributed by atoms with Crippen molar-refractivity contribution in [2.45, 2.75) is 0 Å². The number of nitriles is 1. The molecule has 6 nitrogen and oxygen atoms in total. The van der Waals surface area contributed by atoms with Gasteiger partial charge >= 0.3 is 12.0 Å². The number of nitrogens with zero attached hydrogens (tertiary/aromatic N) is 1. The van der Waals surface area contributed by atoms with Crippen LogP contribution in [-0.2, 0) is 4.74 Å². The van der Waals surface area contributed by atoms with Gasteiger partial charge in [0, 0.05) is 11.4 Å². The van der Waals surface area contributed by atoms with Crippen LogP contribution in [0, 0.1) is 11.3 Å². The molecule has 0 unspecified atom stereocenters. The van der Waals surface area contributed by atoms with Gasteiger partial charge in [0.2, 0.25) is 0 Å². The van der Waals surface area contributed by atoms with E-state index in [2.05, 4.69) is 15.4 Å². The van der Waals surface area contributed by atoms with Crippen molar-refractivity contribution in [3.05, 3.63) is 59.7 Å². The van der Waals surface area contributed by atoms with Crippen LogP contribution in [0.3, 0.4) is 0 Å². The molecule has 0 aliphatic rings. The molecule has 2 aromatic carbocycles. The first-order valence-corrected chi connectivity index (χ1v) is 6.39. The number of nitrogens with one attached hydrogen (secondary N) is 2. The van der Waals surface area contributed by atoms with Crippen LogP contribution in [0.15, 0.2) is 48.5 Å². The average Bonchev–Trinajstić information content (AvgIpc) is 2.54. The topological polar surface area (TPSA) is 91.2 Å². The van der Waals surface area contributed by atoms with Gasteiger partial charge in [-0.25, -0.2) is 9.59 Å². The highest BCUT2D eigenvalue weighted by Gasteiger charge is 2.08. The fourth-order valence-corrected chi connectivity index (χ4v) is 1.80. The normalized spacial score (nSPS) is 9.45. The van der Waals surface area contributed by atoms with Crippen molar-refractivity contribution in [1.82, 2.24) is 0 Å². The van der Waals surface area contributed by atoms with Crippen molar-refractivity contribution in [1.29, 1.82) is 5.26 Å². The van der Waals surface area contributed by atoms with E-state index in [1.807, 2.05) is 6.07 Å². The Labute approximate surface area is 127 Å². The van der Waals surface area contributed by atoms with Crippen LogP contribution in [0.2, 0.25) is 0 Å². The summed E-state index contributed by atoms with van der Waals surface area (Å²) in [6.07, 6.45) is 0. The minimum absolute atomic E-state index is 0.340. The standard InChI is InChI=1S/C16H13N3O3/c1-22-15(20)12-5-3-7-14(9-12)19-16(21)18-13-6-2-4-11(8-13)10-17/h2-9H,1H3,(H2,18,19,21). The molecule has 110 valence electrons. The summed E-state index contributed by atoms with van der Waals surface area (Å²) in [5.41, 5.74) is 1.75. The fourth-order valence-electron chi connectivity index (χ4n) is 1.80. The Balaban J connectivity index is 2.06. The number of hydrogen-bond donors (Lipinski definition) is 2. The number of methoxy groups -OCH3 is 1. The number of carbonyl (C=O) groups is 2.